The summed E-state index contributed by atoms with van der Waals surface area (Å²) >= 11 is 0. The quantitative estimate of drug-likeness (QED) is 0.0252. The van der Waals surface area contributed by atoms with Crippen LogP contribution in [0.5, 0.6) is 0 Å². The normalized spacial score (nSPS) is 17.8. The Kier molecular flexibility index (Phi) is 46.5. The van der Waals surface area contributed by atoms with Crippen molar-refractivity contribution in [1.82, 2.24) is 63.8 Å². The first-order valence-electron chi connectivity index (χ1n) is 46.2. The van der Waals surface area contributed by atoms with Crippen LogP contribution in [0.4, 0.5) is 0 Å². The summed E-state index contributed by atoms with van der Waals surface area (Å²) < 4.78 is 98.9. The largest absolute Gasteiger partial charge is 0.386 e. The summed E-state index contributed by atoms with van der Waals surface area (Å²) in [6, 6.07) is -7.34. The zero-order chi connectivity index (χ0) is 102. The van der Waals surface area contributed by atoms with Gasteiger partial charge >= 0.3 is 0 Å². The highest BCUT2D eigenvalue weighted by molar-refractivity contribution is 5.91. The van der Waals surface area contributed by atoms with Gasteiger partial charge in [0.2, 0.25) is 0 Å². The summed E-state index contributed by atoms with van der Waals surface area (Å²) in [4.78, 5) is 75.7. The number of hydrogen-bond donors (Lipinski definition) is 18. The Labute approximate surface area is 724 Å². The highest BCUT2D eigenvalue weighted by Crippen LogP contribution is 2.27. The molecule has 0 aromatic heterocycles. The van der Waals surface area contributed by atoms with Gasteiger partial charge in [0.25, 0.3) is 0 Å². The van der Waals surface area contributed by atoms with Gasteiger partial charge in [0.15, 0.2) is 34.7 Å². The fraction of sp³-hybridized carbons (Fsp3) is 0.802. The molecule has 0 aliphatic carbocycles. The number of hydrogen-bond acceptors (Lipinski definition) is 24. The number of rotatable bonds is 42. The smallest absolute Gasteiger partial charge is 0.155 e. The Balaban J connectivity index is -0.000000272. The maximum atomic E-state index is 12.7. The predicted molar refractivity (Wildman–Crippen MR) is 497 cm³/mol. The minimum atomic E-state index is -1.80. The van der Waals surface area contributed by atoms with Crippen molar-refractivity contribution in [3.63, 3.8) is 0 Å². The van der Waals surface area contributed by atoms with Gasteiger partial charge in [0.1, 0.15) is 0 Å². The Morgan fingerprint density at radius 3 is 0.757 bits per heavy atom. The van der Waals surface area contributed by atoms with E-state index in [2.05, 4.69) is 103 Å². The molecule has 0 saturated carbocycles. The molecule has 0 radical (unpaired) electrons. The fourth-order valence-corrected chi connectivity index (χ4v) is 9.30. The number of carbonyl (C=O) groups excluding carboxylic acids is 6. The van der Waals surface area contributed by atoms with Crippen molar-refractivity contribution in [2.24, 2.45) is 66.9 Å². The molecule has 0 saturated heterocycles. The Hall–Kier alpha value is -6.18. The van der Waals surface area contributed by atoms with Crippen LogP contribution in [0.1, 0.15) is 350 Å². The number of nitrogens with one attached hydrogen (secondary N) is 12. The maximum absolute atomic E-state index is 12.7. The monoisotopic (exact) mass is 1640 g/mol. The predicted octanol–water partition coefficient (Wildman–Crippen LogP) is 13.6. The van der Waals surface area contributed by atoms with Gasteiger partial charge in [-0.15, -0.1) is 0 Å². The molecular formula is C91H190N18O6. The molecule has 0 rings (SSSR count). The molecule has 24 nitrogen and oxygen atoms in total. The summed E-state index contributed by atoms with van der Waals surface area (Å²) in [5.41, 5.74) is 26.6. The first-order chi connectivity index (χ1) is 55.0. The van der Waals surface area contributed by atoms with E-state index >= 15 is 0 Å². The summed E-state index contributed by atoms with van der Waals surface area (Å²) in [7, 11) is 0. The molecule has 680 valence electrons. The minimum absolute atomic E-state index is 0. The van der Waals surface area contributed by atoms with Gasteiger partial charge in [0.05, 0.1) is 76.6 Å². The number of ketones is 6. The van der Waals surface area contributed by atoms with Crippen LogP contribution in [-0.2, 0) is 28.8 Å². The molecule has 2 unspecified atom stereocenters. The lowest BCUT2D eigenvalue weighted by molar-refractivity contribution is -0.129. The number of nitrogens with two attached hydrogens (primary N) is 6. The lowest BCUT2D eigenvalue weighted by atomic mass is 9.84. The maximum Gasteiger partial charge on any atom is 0.155 e. The molecule has 0 amide bonds. The molecule has 24 N–H and O–H groups in total. The number of carbonyl (C=O) groups is 6. The topological polar surface area (TPSA) is 403 Å². The van der Waals surface area contributed by atoms with Crippen molar-refractivity contribution in [1.29, 1.82) is 0 Å². The second-order valence-corrected chi connectivity index (χ2v) is 41.1. The van der Waals surface area contributed by atoms with Gasteiger partial charge in [-0.05, 0) is 202 Å². The molecule has 10 atom stereocenters. The van der Waals surface area contributed by atoms with E-state index in [1.165, 1.54) is 0 Å². The van der Waals surface area contributed by atoms with E-state index < -0.39 is 124 Å². The van der Waals surface area contributed by atoms with E-state index in [0.29, 0.717) is 69.2 Å². The average Bonchev–Trinajstić information content (AvgIpc) is 0.783. The molecule has 0 fully saturated rings. The van der Waals surface area contributed by atoms with E-state index in [1.54, 1.807) is 62.3 Å². The van der Waals surface area contributed by atoms with Crippen LogP contribution >= 0.6 is 0 Å². The molecule has 115 heavy (non-hydrogen) atoms. The van der Waals surface area contributed by atoms with Crippen LogP contribution in [0.3, 0.4) is 0 Å². The van der Waals surface area contributed by atoms with Gasteiger partial charge in [0, 0.05) is 116 Å². The molecule has 0 aromatic carbocycles. The SMILES string of the molecule is C.[2H]C(CC([2H])[C@@]([2H])(NC(C)(C)C)C(=O)C(C)(C)C)NC(=C)N.[2H]C([2H])(CC[C@@H](NC(C)(C)C)C(=O)C(C)(C)C)NC(=C)N.[2H]C([2H])(CNC(=C)N)C[C@@H](NC(C)(C)C)C(=O)C(C)(C)C.[2H][C@@H](CCNC(=C)N)[C@@]([2H])(NC(C)(C)C)C(=O)C(C)(C)C.[2H][C@H](CCNC(=C)N)[C@@]([2H])(NC(C)(C)C)C(=O)C(C)(C)C.[2H][C@](CCCNC(=C)N)(NC(C)(C)C)C(=O)C(C)(C)C. The first-order valence-corrected chi connectivity index (χ1v) is 39.9. The number of Topliss-reactive ketones (excluding diaryl/α,β-unsaturated/α-hetero) is 6. The van der Waals surface area contributed by atoms with Crippen LogP contribution in [-0.4, -0.2) is 143 Å². The van der Waals surface area contributed by atoms with Crippen molar-refractivity contribution in [3.8, 4) is 0 Å². The van der Waals surface area contributed by atoms with Crippen molar-refractivity contribution >= 4 is 34.7 Å². The third-order valence-corrected chi connectivity index (χ3v) is 14.1. The molecule has 0 aliphatic heterocycles. The lowest BCUT2D eigenvalue weighted by Crippen LogP contribution is -2.51. The minimum Gasteiger partial charge on any atom is -0.386 e. The molecule has 0 bridgehead atoms. The molecule has 0 spiro atoms. The molecule has 24 heteroatoms. The zero-order valence-corrected chi connectivity index (χ0v) is 79.1. The van der Waals surface area contributed by atoms with Gasteiger partial charge in [-0.1, -0.05) is 172 Å². The van der Waals surface area contributed by atoms with Crippen molar-refractivity contribution in [2.45, 2.75) is 403 Å². The molecule has 0 aromatic rings. The van der Waals surface area contributed by atoms with E-state index in [4.69, 9.17) is 50.9 Å². The van der Waals surface area contributed by atoms with Crippen molar-refractivity contribution < 1.29 is 45.2 Å². The third kappa shape index (κ3) is 76.3. The van der Waals surface area contributed by atoms with Gasteiger partial charge in [-0.2, -0.15) is 0 Å². The second-order valence-electron chi connectivity index (χ2n) is 41.1. The van der Waals surface area contributed by atoms with E-state index in [1.807, 2.05) is 187 Å². The molecule has 0 heterocycles. The lowest BCUT2D eigenvalue weighted by Gasteiger charge is -2.32. The zero-order valence-electron chi connectivity index (χ0n) is 91.1. The third-order valence-electron chi connectivity index (χ3n) is 14.1. The fourth-order valence-electron chi connectivity index (χ4n) is 9.30. The summed E-state index contributed by atoms with van der Waals surface area (Å²) in [5.74, 6) is 0.567. The molecular weight excluding hydrogens is 1440 g/mol. The van der Waals surface area contributed by atoms with Gasteiger partial charge in [-0.25, -0.2) is 0 Å². The van der Waals surface area contributed by atoms with Crippen LogP contribution < -0.4 is 98.2 Å². The van der Waals surface area contributed by atoms with Crippen LogP contribution in [0.25, 0.3) is 0 Å². The van der Waals surface area contributed by atoms with Crippen LogP contribution in [0.15, 0.2) is 74.4 Å². The van der Waals surface area contributed by atoms with Crippen LogP contribution in [0.2, 0.25) is 0 Å². The van der Waals surface area contributed by atoms with Crippen molar-refractivity contribution in [3.05, 3.63) is 74.4 Å². The Morgan fingerprint density at radius 2 is 0.504 bits per heavy atom. The summed E-state index contributed by atoms with van der Waals surface area (Å²) in [6.45, 7) is 87.1. The van der Waals surface area contributed by atoms with E-state index in [-0.39, 0.29) is 102 Å². The van der Waals surface area contributed by atoms with E-state index in [9.17, 15) is 28.8 Å². The standard InChI is InChI=1S/6C15H31N3O.CH4/c6*1-11(16)17-10-8-9-12(18-15(5,6)7)13(19)14(2,3)4;/h6*12,17-18H,1,8-10,16H2,2-7H3;1H4/t6*12-;/m111111./s1/i9D,10D,12D;2*9D,12D;12D;10D2;8D2;/t9?,10?,12-;9-,12+;9-,12-;3m;/m101111.. The Morgan fingerprint density at radius 1 is 0.278 bits per heavy atom. The summed E-state index contributed by atoms with van der Waals surface area (Å²) in [6.07, 6.45) is -2.13. The first kappa shape index (κ1) is 97.6. The molecule has 0 aliphatic rings. The highest BCUT2D eigenvalue weighted by atomic mass is 16.2. The van der Waals surface area contributed by atoms with Crippen LogP contribution in [0, 0.1) is 32.5 Å². The second kappa shape index (κ2) is 54.8. The highest BCUT2D eigenvalue weighted by Gasteiger charge is 2.37. The van der Waals surface area contributed by atoms with Gasteiger partial charge in [-0.3, -0.25) is 28.8 Å². The van der Waals surface area contributed by atoms with E-state index in [0.717, 1.165) is 0 Å². The summed E-state index contributed by atoms with van der Waals surface area (Å²) in [5, 5.41) is 35.1. The average molecular weight is 1640 g/mol. The Bertz CT molecular complexity index is 3380. The van der Waals surface area contributed by atoms with Gasteiger partial charge < -0.3 is 98.2 Å². The van der Waals surface area contributed by atoms with Crippen molar-refractivity contribution in [2.75, 3.05) is 39.2 Å².